The highest BCUT2D eigenvalue weighted by Crippen LogP contribution is 2.17. The van der Waals surface area contributed by atoms with Gasteiger partial charge in [-0.1, -0.05) is 31.9 Å². The highest BCUT2D eigenvalue weighted by Gasteiger charge is 2.07. The molecule has 0 fully saturated rings. The molecule has 1 unspecified atom stereocenters. The highest BCUT2D eigenvalue weighted by atomic mass is 31.1. The van der Waals surface area contributed by atoms with Crippen molar-refractivity contribution >= 4 is 31.9 Å². The molecule has 1 aromatic carbocycles. The maximum absolute atomic E-state index is 11.5. The molecular weight excluding hydrogens is 261 g/mol. The molecule has 1 aromatic heterocycles. The lowest BCUT2D eigenvalue weighted by Gasteiger charge is -2.03. The SMILES string of the molecule is CCCCCPOC(=O)Nc1nc2ccccc2[nH]1. The number of aromatic nitrogens is 2. The minimum atomic E-state index is -0.450. The van der Waals surface area contributed by atoms with E-state index in [-0.39, 0.29) is 8.81 Å². The Morgan fingerprint density at radius 1 is 1.42 bits per heavy atom. The van der Waals surface area contributed by atoms with E-state index in [1.807, 2.05) is 24.3 Å². The van der Waals surface area contributed by atoms with Crippen LogP contribution < -0.4 is 5.32 Å². The van der Waals surface area contributed by atoms with E-state index in [0.29, 0.717) is 5.95 Å². The lowest BCUT2D eigenvalue weighted by Crippen LogP contribution is -2.10. The van der Waals surface area contributed by atoms with Crippen LogP contribution >= 0.6 is 8.81 Å². The van der Waals surface area contributed by atoms with Gasteiger partial charge < -0.3 is 9.51 Å². The second kappa shape index (κ2) is 7.10. The van der Waals surface area contributed by atoms with Crippen molar-refractivity contribution in [2.24, 2.45) is 0 Å². The summed E-state index contributed by atoms with van der Waals surface area (Å²) in [6.45, 7) is 2.15. The summed E-state index contributed by atoms with van der Waals surface area (Å²) >= 11 is 0. The maximum Gasteiger partial charge on any atom is 0.416 e. The van der Waals surface area contributed by atoms with Gasteiger partial charge >= 0.3 is 6.09 Å². The Bertz CT molecular complexity index is 508. The molecule has 0 bridgehead atoms. The lowest BCUT2D eigenvalue weighted by molar-refractivity contribution is 0.221. The van der Waals surface area contributed by atoms with Crippen molar-refractivity contribution in [2.45, 2.75) is 26.2 Å². The van der Waals surface area contributed by atoms with E-state index in [4.69, 9.17) is 4.52 Å². The van der Waals surface area contributed by atoms with Crippen LogP contribution in [0.3, 0.4) is 0 Å². The number of rotatable bonds is 6. The minimum Gasteiger partial charge on any atom is -0.432 e. The van der Waals surface area contributed by atoms with E-state index in [9.17, 15) is 4.79 Å². The number of imidazole rings is 1. The number of para-hydroxylation sites is 2. The van der Waals surface area contributed by atoms with Crippen LogP contribution in [0.25, 0.3) is 11.0 Å². The van der Waals surface area contributed by atoms with Crippen LogP contribution in [0.1, 0.15) is 26.2 Å². The molecule has 2 aromatic rings. The van der Waals surface area contributed by atoms with Gasteiger partial charge in [-0.25, -0.2) is 9.78 Å². The van der Waals surface area contributed by atoms with Gasteiger partial charge in [0.05, 0.1) is 19.8 Å². The van der Waals surface area contributed by atoms with E-state index >= 15 is 0 Å². The molecule has 102 valence electrons. The molecule has 1 heterocycles. The average Bonchev–Trinajstić information content (AvgIpc) is 2.80. The van der Waals surface area contributed by atoms with Gasteiger partial charge in [-0.2, -0.15) is 0 Å². The summed E-state index contributed by atoms with van der Waals surface area (Å²) in [5, 5.41) is 2.60. The number of nitrogens with zero attached hydrogens (tertiary/aromatic N) is 1. The maximum atomic E-state index is 11.5. The number of unbranched alkanes of at least 4 members (excludes halogenated alkanes) is 2. The summed E-state index contributed by atoms with van der Waals surface area (Å²) in [4.78, 5) is 18.8. The lowest BCUT2D eigenvalue weighted by atomic mass is 10.3. The first-order chi connectivity index (χ1) is 9.29. The third kappa shape index (κ3) is 4.21. The summed E-state index contributed by atoms with van der Waals surface area (Å²) < 4.78 is 5.11. The van der Waals surface area contributed by atoms with Crippen LogP contribution in [0.15, 0.2) is 24.3 Å². The first kappa shape index (κ1) is 13.8. The molecule has 2 rings (SSSR count). The number of benzene rings is 1. The van der Waals surface area contributed by atoms with Gasteiger partial charge in [0, 0.05) is 6.16 Å². The molecule has 0 saturated heterocycles. The first-order valence-electron chi connectivity index (χ1n) is 6.45. The predicted octanol–water partition coefficient (Wildman–Crippen LogP) is 3.90. The second-order valence-electron chi connectivity index (χ2n) is 4.22. The zero-order valence-electron chi connectivity index (χ0n) is 10.9. The Kier molecular flexibility index (Phi) is 5.16. The van der Waals surface area contributed by atoms with Crippen LogP contribution in [0.5, 0.6) is 0 Å². The molecule has 0 aliphatic rings. The molecular formula is C13H18N3O2P. The van der Waals surface area contributed by atoms with Crippen molar-refractivity contribution in [2.75, 3.05) is 11.5 Å². The fourth-order valence-electron chi connectivity index (χ4n) is 1.70. The molecule has 1 atom stereocenters. The number of anilines is 1. The summed E-state index contributed by atoms with van der Waals surface area (Å²) in [5.74, 6) is 0.421. The summed E-state index contributed by atoms with van der Waals surface area (Å²) in [7, 11) is 0.209. The molecule has 5 nitrogen and oxygen atoms in total. The van der Waals surface area contributed by atoms with Gasteiger partial charge in [-0.3, -0.25) is 5.32 Å². The highest BCUT2D eigenvalue weighted by molar-refractivity contribution is 7.32. The quantitative estimate of drug-likeness (QED) is 0.622. The third-order valence-corrected chi connectivity index (χ3v) is 3.54. The van der Waals surface area contributed by atoms with Crippen molar-refractivity contribution < 1.29 is 9.32 Å². The Labute approximate surface area is 114 Å². The van der Waals surface area contributed by atoms with Gasteiger partial charge in [0.2, 0.25) is 5.95 Å². The van der Waals surface area contributed by atoms with E-state index < -0.39 is 6.09 Å². The van der Waals surface area contributed by atoms with Crippen molar-refractivity contribution in [3.63, 3.8) is 0 Å². The normalized spacial score (nSPS) is 11.2. The standard InChI is InChI=1S/C13H18N3O2P/c1-2-3-6-9-19-18-13(17)16-12-14-10-7-4-5-8-11(10)15-12/h4-5,7-8,19H,2-3,6,9H2,1H3,(H2,14,15,16,17). The van der Waals surface area contributed by atoms with Gasteiger partial charge in [0.15, 0.2) is 0 Å². The molecule has 0 aliphatic carbocycles. The Hall–Kier alpha value is -1.61. The first-order valence-corrected chi connectivity index (χ1v) is 7.56. The fraction of sp³-hybridized carbons (Fsp3) is 0.385. The van der Waals surface area contributed by atoms with Crippen molar-refractivity contribution in [1.82, 2.24) is 9.97 Å². The number of amides is 1. The van der Waals surface area contributed by atoms with E-state index in [2.05, 4.69) is 22.2 Å². The van der Waals surface area contributed by atoms with Gasteiger partial charge in [-0.05, 0) is 18.6 Å². The number of carbonyl (C=O) groups is 1. The number of hydrogen-bond acceptors (Lipinski definition) is 3. The summed E-state index contributed by atoms with van der Waals surface area (Å²) in [6, 6.07) is 7.61. The average molecular weight is 279 g/mol. The van der Waals surface area contributed by atoms with Crippen molar-refractivity contribution in [1.29, 1.82) is 0 Å². The second-order valence-corrected chi connectivity index (χ2v) is 5.21. The van der Waals surface area contributed by atoms with Crippen LogP contribution in [-0.2, 0) is 4.52 Å². The number of carbonyl (C=O) groups excluding carboxylic acids is 1. The minimum absolute atomic E-state index is 0.209. The summed E-state index contributed by atoms with van der Waals surface area (Å²) in [5.41, 5.74) is 1.71. The topological polar surface area (TPSA) is 67.0 Å². The Morgan fingerprint density at radius 2 is 2.26 bits per heavy atom. The largest absolute Gasteiger partial charge is 0.432 e. The monoisotopic (exact) mass is 279 g/mol. The predicted molar refractivity (Wildman–Crippen MR) is 78.9 cm³/mol. The molecule has 0 spiro atoms. The van der Waals surface area contributed by atoms with Crippen LogP contribution in [0.4, 0.5) is 10.7 Å². The van der Waals surface area contributed by atoms with Crippen molar-refractivity contribution in [3.05, 3.63) is 24.3 Å². The van der Waals surface area contributed by atoms with Gasteiger partial charge in [0.1, 0.15) is 0 Å². The van der Waals surface area contributed by atoms with E-state index in [1.165, 1.54) is 12.8 Å². The van der Waals surface area contributed by atoms with E-state index in [1.54, 1.807) is 0 Å². The van der Waals surface area contributed by atoms with Crippen LogP contribution in [0, 0.1) is 0 Å². The fourth-order valence-corrected chi connectivity index (χ4v) is 2.38. The zero-order valence-corrected chi connectivity index (χ0v) is 11.9. The number of H-pyrrole nitrogens is 1. The molecule has 1 amide bonds. The molecule has 0 aliphatic heterocycles. The zero-order chi connectivity index (χ0) is 13.5. The van der Waals surface area contributed by atoms with Crippen LogP contribution in [-0.4, -0.2) is 22.2 Å². The summed E-state index contributed by atoms with van der Waals surface area (Å²) in [6.07, 6.45) is 3.94. The molecule has 0 saturated carbocycles. The number of nitrogens with one attached hydrogen (secondary N) is 2. The van der Waals surface area contributed by atoms with Gasteiger partial charge in [0.25, 0.3) is 0 Å². The number of hydrogen-bond donors (Lipinski definition) is 2. The van der Waals surface area contributed by atoms with Crippen LogP contribution in [0.2, 0.25) is 0 Å². The molecule has 19 heavy (non-hydrogen) atoms. The smallest absolute Gasteiger partial charge is 0.416 e. The number of fused-ring (bicyclic) bond motifs is 1. The molecule has 0 radical (unpaired) electrons. The molecule has 6 heteroatoms. The Balaban J connectivity index is 1.78. The number of aromatic amines is 1. The molecule has 2 N–H and O–H groups in total. The van der Waals surface area contributed by atoms with E-state index in [0.717, 1.165) is 23.6 Å². The van der Waals surface area contributed by atoms with Crippen molar-refractivity contribution in [3.8, 4) is 0 Å². The third-order valence-electron chi connectivity index (χ3n) is 2.66. The van der Waals surface area contributed by atoms with Gasteiger partial charge in [-0.15, -0.1) is 0 Å². The Morgan fingerprint density at radius 3 is 3.05 bits per heavy atom.